The molecule has 1 aliphatic heterocycles. The smallest absolute Gasteiger partial charge is 0.224 e. The SMILES string of the molecule is CCn1nccc1CCN1CCCC(O)(CC(=O)N(C)C)C1. The summed E-state index contributed by atoms with van der Waals surface area (Å²) in [7, 11) is 3.47. The van der Waals surface area contributed by atoms with Crippen molar-refractivity contribution in [3.8, 4) is 0 Å². The van der Waals surface area contributed by atoms with Gasteiger partial charge in [-0.05, 0) is 32.4 Å². The zero-order valence-corrected chi connectivity index (χ0v) is 14.0. The van der Waals surface area contributed by atoms with Crippen LogP contribution in [0.25, 0.3) is 0 Å². The van der Waals surface area contributed by atoms with Gasteiger partial charge in [-0.15, -0.1) is 0 Å². The number of β-amino-alcohol motifs (C(OH)–C–C–N with tert-alkyl or cyclic N) is 1. The van der Waals surface area contributed by atoms with E-state index in [4.69, 9.17) is 0 Å². The van der Waals surface area contributed by atoms with Gasteiger partial charge in [0.2, 0.25) is 5.91 Å². The first-order valence-electron chi connectivity index (χ1n) is 8.09. The van der Waals surface area contributed by atoms with Gasteiger partial charge in [0.25, 0.3) is 0 Å². The van der Waals surface area contributed by atoms with E-state index >= 15 is 0 Å². The molecule has 1 aliphatic rings. The highest BCUT2D eigenvalue weighted by atomic mass is 16.3. The number of carbonyl (C=O) groups excluding carboxylic acids is 1. The zero-order chi connectivity index (χ0) is 16.2. The number of nitrogens with zero attached hydrogens (tertiary/aromatic N) is 4. The highest BCUT2D eigenvalue weighted by molar-refractivity contribution is 5.76. The highest BCUT2D eigenvalue weighted by Gasteiger charge is 2.35. The van der Waals surface area contributed by atoms with E-state index in [0.717, 1.165) is 32.5 Å². The standard InChI is InChI=1S/C16H28N4O2/c1-4-20-14(6-9-17-20)7-11-19-10-5-8-16(22,13-19)12-15(21)18(2)3/h6,9,22H,4-5,7-8,10-13H2,1-3H3. The Morgan fingerprint density at radius 2 is 2.27 bits per heavy atom. The molecule has 1 atom stereocenters. The molecular weight excluding hydrogens is 280 g/mol. The van der Waals surface area contributed by atoms with Crippen LogP contribution in [-0.2, 0) is 17.8 Å². The quantitative estimate of drug-likeness (QED) is 0.842. The molecule has 0 radical (unpaired) electrons. The summed E-state index contributed by atoms with van der Waals surface area (Å²) in [6.07, 6.45) is 4.61. The van der Waals surface area contributed by atoms with Crippen molar-refractivity contribution in [2.24, 2.45) is 0 Å². The molecule has 124 valence electrons. The topological polar surface area (TPSA) is 61.6 Å². The van der Waals surface area contributed by atoms with Crippen molar-refractivity contribution in [1.82, 2.24) is 19.6 Å². The Bertz CT molecular complexity index is 500. The molecular formula is C16H28N4O2. The molecule has 0 aromatic carbocycles. The number of aromatic nitrogens is 2. The van der Waals surface area contributed by atoms with Gasteiger partial charge in [-0.2, -0.15) is 5.10 Å². The Hall–Kier alpha value is -1.40. The molecule has 22 heavy (non-hydrogen) atoms. The number of aliphatic hydroxyl groups is 1. The summed E-state index contributed by atoms with van der Waals surface area (Å²) in [4.78, 5) is 15.7. The molecule has 1 fully saturated rings. The number of amides is 1. The van der Waals surface area contributed by atoms with Gasteiger partial charge in [0, 0.05) is 52.0 Å². The molecule has 1 amide bonds. The van der Waals surface area contributed by atoms with Crippen LogP contribution in [0.3, 0.4) is 0 Å². The van der Waals surface area contributed by atoms with Crippen molar-refractivity contribution in [1.29, 1.82) is 0 Å². The Morgan fingerprint density at radius 1 is 1.50 bits per heavy atom. The van der Waals surface area contributed by atoms with Crippen LogP contribution in [0.15, 0.2) is 12.3 Å². The molecule has 0 spiro atoms. The van der Waals surface area contributed by atoms with Gasteiger partial charge < -0.3 is 14.9 Å². The highest BCUT2D eigenvalue weighted by Crippen LogP contribution is 2.25. The predicted molar refractivity (Wildman–Crippen MR) is 85.5 cm³/mol. The van der Waals surface area contributed by atoms with Crippen LogP contribution in [0, 0.1) is 0 Å². The third-order valence-corrected chi connectivity index (χ3v) is 4.40. The lowest BCUT2D eigenvalue weighted by molar-refractivity contribution is -0.136. The third-order valence-electron chi connectivity index (χ3n) is 4.40. The molecule has 1 aromatic rings. The first-order chi connectivity index (χ1) is 10.4. The number of piperidine rings is 1. The summed E-state index contributed by atoms with van der Waals surface area (Å²) in [5.41, 5.74) is 0.339. The number of hydrogen-bond donors (Lipinski definition) is 1. The maximum atomic E-state index is 11.9. The Labute approximate surface area is 132 Å². The minimum atomic E-state index is -0.884. The number of rotatable bonds is 6. The van der Waals surface area contributed by atoms with Crippen LogP contribution in [0.4, 0.5) is 0 Å². The Morgan fingerprint density at radius 3 is 2.95 bits per heavy atom. The average molecular weight is 308 g/mol. The summed E-state index contributed by atoms with van der Waals surface area (Å²) >= 11 is 0. The molecule has 2 heterocycles. The van der Waals surface area contributed by atoms with E-state index in [1.54, 1.807) is 19.0 Å². The summed E-state index contributed by atoms with van der Waals surface area (Å²) in [6.45, 7) is 5.42. The first-order valence-corrected chi connectivity index (χ1v) is 8.09. The van der Waals surface area contributed by atoms with Gasteiger partial charge in [0.1, 0.15) is 0 Å². The van der Waals surface area contributed by atoms with Crippen LogP contribution in [0.2, 0.25) is 0 Å². The van der Waals surface area contributed by atoms with Crippen LogP contribution < -0.4 is 0 Å². The summed E-state index contributed by atoms with van der Waals surface area (Å²) in [5, 5.41) is 15.0. The van der Waals surface area contributed by atoms with Gasteiger partial charge >= 0.3 is 0 Å². The van der Waals surface area contributed by atoms with Crippen molar-refractivity contribution in [3.05, 3.63) is 18.0 Å². The van der Waals surface area contributed by atoms with Crippen LogP contribution in [0.5, 0.6) is 0 Å². The van der Waals surface area contributed by atoms with Crippen LogP contribution in [-0.4, -0.2) is 69.9 Å². The minimum absolute atomic E-state index is 0.00610. The van der Waals surface area contributed by atoms with Crippen molar-refractivity contribution >= 4 is 5.91 Å². The molecule has 1 saturated heterocycles. The molecule has 2 rings (SSSR count). The van der Waals surface area contributed by atoms with Gasteiger partial charge in [-0.3, -0.25) is 9.48 Å². The molecule has 1 unspecified atom stereocenters. The van der Waals surface area contributed by atoms with Gasteiger partial charge in [-0.25, -0.2) is 0 Å². The Kier molecular flexibility index (Phi) is 5.58. The maximum absolute atomic E-state index is 11.9. The van der Waals surface area contributed by atoms with E-state index in [1.807, 2.05) is 10.9 Å². The molecule has 0 aliphatic carbocycles. The molecule has 0 saturated carbocycles. The average Bonchev–Trinajstić information content (AvgIpc) is 2.92. The van der Waals surface area contributed by atoms with E-state index in [9.17, 15) is 9.90 Å². The summed E-state index contributed by atoms with van der Waals surface area (Å²) in [6, 6.07) is 2.05. The van der Waals surface area contributed by atoms with Crippen molar-refractivity contribution in [2.45, 2.75) is 44.8 Å². The second-order valence-electron chi connectivity index (χ2n) is 6.46. The first kappa shape index (κ1) is 17.0. The van der Waals surface area contributed by atoms with Gasteiger partial charge in [0.05, 0.1) is 12.0 Å². The van der Waals surface area contributed by atoms with Crippen LogP contribution in [0.1, 0.15) is 31.9 Å². The number of aryl methyl sites for hydroxylation is 1. The lowest BCUT2D eigenvalue weighted by Crippen LogP contribution is -2.50. The normalized spacial score (nSPS) is 22.7. The number of carbonyl (C=O) groups is 1. The largest absolute Gasteiger partial charge is 0.388 e. The van der Waals surface area contributed by atoms with E-state index in [-0.39, 0.29) is 12.3 Å². The molecule has 1 aromatic heterocycles. The van der Waals surface area contributed by atoms with E-state index in [1.165, 1.54) is 5.69 Å². The third kappa shape index (κ3) is 4.30. The minimum Gasteiger partial charge on any atom is -0.388 e. The molecule has 0 bridgehead atoms. The van der Waals surface area contributed by atoms with E-state index in [2.05, 4.69) is 23.0 Å². The fraction of sp³-hybridized carbons (Fsp3) is 0.750. The van der Waals surface area contributed by atoms with Gasteiger partial charge in [0.15, 0.2) is 0 Å². The second-order valence-corrected chi connectivity index (χ2v) is 6.46. The fourth-order valence-corrected chi connectivity index (χ4v) is 3.11. The van der Waals surface area contributed by atoms with Crippen molar-refractivity contribution < 1.29 is 9.90 Å². The van der Waals surface area contributed by atoms with Gasteiger partial charge in [-0.1, -0.05) is 0 Å². The Balaban J connectivity index is 1.89. The van der Waals surface area contributed by atoms with Crippen molar-refractivity contribution in [2.75, 3.05) is 33.7 Å². The predicted octanol–water partition coefficient (Wildman–Crippen LogP) is 0.751. The number of hydrogen-bond acceptors (Lipinski definition) is 4. The lowest BCUT2D eigenvalue weighted by atomic mass is 9.89. The molecule has 6 heteroatoms. The monoisotopic (exact) mass is 308 g/mol. The summed E-state index contributed by atoms with van der Waals surface area (Å²) < 4.78 is 2.01. The zero-order valence-electron chi connectivity index (χ0n) is 14.0. The molecule has 1 N–H and O–H groups in total. The fourth-order valence-electron chi connectivity index (χ4n) is 3.11. The van der Waals surface area contributed by atoms with Crippen LogP contribution >= 0.6 is 0 Å². The lowest BCUT2D eigenvalue weighted by Gasteiger charge is -2.39. The molecule has 6 nitrogen and oxygen atoms in total. The second kappa shape index (κ2) is 7.24. The number of likely N-dealkylation sites (tertiary alicyclic amines) is 1. The van der Waals surface area contributed by atoms with Crippen molar-refractivity contribution in [3.63, 3.8) is 0 Å². The summed E-state index contributed by atoms with van der Waals surface area (Å²) in [5.74, 6) is -0.00610. The van der Waals surface area contributed by atoms with E-state index in [0.29, 0.717) is 13.0 Å². The maximum Gasteiger partial charge on any atom is 0.224 e. The van der Waals surface area contributed by atoms with E-state index < -0.39 is 5.60 Å².